The molecule has 0 spiro atoms. The number of benzene rings is 2. The van der Waals surface area contributed by atoms with Crippen LogP contribution in [0.2, 0.25) is 5.02 Å². The molecule has 2 aromatic rings. The van der Waals surface area contributed by atoms with E-state index in [9.17, 15) is 14.4 Å². The second-order valence-corrected chi connectivity index (χ2v) is 8.28. The summed E-state index contributed by atoms with van der Waals surface area (Å²) in [6.45, 7) is 1.98. The van der Waals surface area contributed by atoms with E-state index in [0.717, 1.165) is 5.56 Å². The van der Waals surface area contributed by atoms with Gasteiger partial charge in [-0.25, -0.2) is 0 Å². The Morgan fingerprint density at radius 2 is 1.85 bits per heavy atom. The van der Waals surface area contributed by atoms with Crippen LogP contribution in [0.4, 0.5) is 0 Å². The van der Waals surface area contributed by atoms with Gasteiger partial charge in [0.05, 0.1) is 25.9 Å². The van der Waals surface area contributed by atoms with E-state index in [0.29, 0.717) is 68.2 Å². The fourth-order valence-corrected chi connectivity index (χ4v) is 3.80. The van der Waals surface area contributed by atoms with Crippen molar-refractivity contribution in [2.24, 2.45) is 0 Å². The maximum atomic E-state index is 13.0. The average molecular weight is 473 g/mol. The lowest BCUT2D eigenvalue weighted by Gasteiger charge is -2.19. The molecular weight excluding hydrogens is 444 g/mol. The van der Waals surface area contributed by atoms with Gasteiger partial charge in [-0.05, 0) is 55.0 Å². The highest BCUT2D eigenvalue weighted by Crippen LogP contribution is 2.13. The van der Waals surface area contributed by atoms with Gasteiger partial charge in [-0.3, -0.25) is 14.4 Å². The normalized spacial score (nSPS) is 17.8. The molecule has 1 aliphatic rings. The summed E-state index contributed by atoms with van der Waals surface area (Å²) in [4.78, 5) is 38.4. The van der Waals surface area contributed by atoms with Crippen LogP contribution in [0.5, 0.6) is 0 Å². The van der Waals surface area contributed by atoms with Crippen molar-refractivity contribution in [1.29, 1.82) is 0 Å². The first kappa shape index (κ1) is 24.9. The standard InChI is InChI=1S/C25H29ClN2O5/c26-20-8-5-6-18(16-20)11-12-27-25(31)23(29)22-10-3-4-13-32-14-15-33-17-19-7-1-2-9-21(19)24(30)28-22/h1-2,5-9,16,22H,3-4,10-15,17H2,(H,27,31)(H,28,30). The fraction of sp³-hybridized carbons (Fsp3) is 0.400. The zero-order chi connectivity index (χ0) is 23.5. The highest BCUT2D eigenvalue weighted by Gasteiger charge is 2.27. The summed E-state index contributed by atoms with van der Waals surface area (Å²) >= 11 is 5.98. The summed E-state index contributed by atoms with van der Waals surface area (Å²) in [5, 5.41) is 6.04. The van der Waals surface area contributed by atoms with Crippen LogP contribution in [-0.2, 0) is 32.1 Å². The van der Waals surface area contributed by atoms with Crippen LogP contribution in [0.15, 0.2) is 48.5 Å². The third-order valence-electron chi connectivity index (χ3n) is 5.36. The molecule has 0 aromatic heterocycles. The minimum absolute atomic E-state index is 0.259. The van der Waals surface area contributed by atoms with Crippen molar-refractivity contribution < 1.29 is 23.9 Å². The third-order valence-corrected chi connectivity index (χ3v) is 5.59. The molecule has 1 heterocycles. The van der Waals surface area contributed by atoms with E-state index in [-0.39, 0.29) is 6.61 Å². The minimum Gasteiger partial charge on any atom is -0.379 e. The van der Waals surface area contributed by atoms with Crippen molar-refractivity contribution in [3.05, 3.63) is 70.2 Å². The second-order valence-electron chi connectivity index (χ2n) is 7.84. The highest BCUT2D eigenvalue weighted by atomic mass is 35.5. The second kappa shape index (κ2) is 13.1. The van der Waals surface area contributed by atoms with E-state index in [2.05, 4.69) is 10.6 Å². The predicted octanol–water partition coefficient (Wildman–Crippen LogP) is 3.08. The maximum Gasteiger partial charge on any atom is 0.289 e. The lowest BCUT2D eigenvalue weighted by atomic mass is 10.0. The monoisotopic (exact) mass is 472 g/mol. The molecule has 1 atom stereocenters. The number of carbonyl (C=O) groups excluding carboxylic acids is 3. The molecule has 8 heteroatoms. The molecule has 0 saturated carbocycles. The Labute approximate surface area is 198 Å². The zero-order valence-corrected chi connectivity index (χ0v) is 19.2. The number of ether oxygens (including phenoxy) is 2. The van der Waals surface area contributed by atoms with Crippen molar-refractivity contribution >= 4 is 29.2 Å². The van der Waals surface area contributed by atoms with Gasteiger partial charge in [0.15, 0.2) is 0 Å². The number of halogens is 1. The molecule has 0 fully saturated rings. The van der Waals surface area contributed by atoms with E-state index < -0.39 is 23.6 Å². The van der Waals surface area contributed by atoms with Gasteiger partial charge in [0.2, 0.25) is 5.78 Å². The van der Waals surface area contributed by atoms with Crippen LogP contribution in [0.25, 0.3) is 0 Å². The van der Waals surface area contributed by atoms with Crippen LogP contribution in [0.3, 0.4) is 0 Å². The topological polar surface area (TPSA) is 93.7 Å². The number of amides is 2. The number of fused-ring (bicyclic) bond motifs is 1. The minimum atomic E-state index is -0.916. The Bertz CT molecular complexity index is 965. The molecule has 3 rings (SSSR count). The summed E-state index contributed by atoms with van der Waals surface area (Å²) in [5.74, 6) is -1.76. The van der Waals surface area contributed by atoms with Crippen molar-refractivity contribution in [3.63, 3.8) is 0 Å². The lowest BCUT2D eigenvalue weighted by molar-refractivity contribution is -0.139. The van der Waals surface area contributed by atoms with Crippen LogP contribution < -0.4 is 10.6 Å². The van der Waals surface area contributed by atoms with Gasteiger partial charge >= 0.3 is 0 Å². The van der Waals surface area contributed by atoms with Crippen LogP contribution >= 0.6 is 11.6 Å². The van der Waals surface area contributed by atoms with Crippen LogP contribution in [0.1, 0.15) is 40.7 Å². The van der Waals surface area contributed by atoms with Crippen LogP contribution in [0, 0.1) is 0 Å². The molecule has 1 unspecified atom stereocenters. The van der Waals surface area contributed by atoms with E-state index in [1.54, 1.807) is 24.3 Å². The maximum absolute atomic E-state index is 13.0. The Morgan fingerprint density at radius 3 is 2.70 bits per heavy atom. The molecule has 0 saturated heterocycles. The van der Waals surface area contributed by atoms with Crippen molar-refractivity contribution in [3.8, 4) is 0 Å². The summed E-state index contributed by atoms with van der Waals surface area (Å²) in [6.07, 6.45) is 2.25. The number of Topliss-reactive ketones (excluding diaryl/α,β-unsaturated/α-hetero) is 1. The average Bonchev–Trinajstić information content (AvgIpc) is 2.81. The molecule has 2 amide bonds. The lowest BCUT2D eigenvalue weighted by Crippen LogP contribution is -2.48. The number of nitrogens with one attached hydrogen (secondary N) is 2. The van der Waals surface area contributed by atoms with Crippen molar-refractivity contribution in [2.75, 3.05) is 26.4 Å². The number of ketones is 1. The van der Waals surface area contributed by atoms with Gasteiger partial charge in [0.25, 0.3) is 11.8 Å². The Kier molecular flexibility index (Phi) is 9.87. The van der Waals surface area contributed by atoms with Gasteiger partial charge in [-0.1, -0.05) is 41.9 Å². The quantitative estimate of drug-likeness (QED) is 0.652. The summed E-state index contributed by atoms with van der Waals surface area (Å²) in [7, 11) is 0. The van der Waals surface area contributed by atoms with Crippen molar-refractivity contribution in [2.45, 2.75) is 38.3 Å². The Morgan fingerprint density at radius 1 is 1.03 bits per heavy atom. The first-order valence-corrected chi connectivity index (χ1v) is 11.5. The molecule has 7 nitrogen and oxygen atoms in total. The summed E-state index contributed by atoms with van der Waals surface area (Å²) in [6, 6.07) is 13.5. The first-order chi connectivity index (χ1) is 16.0. The Hall–Kier alpha value is -2.74. The molecule has 0 bridgehead atoms. The molecule has 176 valence electrons. The van der Waals surface area contributed by atoms with E-state index in [1.807, 2.05) is 24.3 Å². The van der Waals surface area contributed by atoms with Crippen molar-refractivity contribution in [1.82, 2.24) is 10.6 Å². The third kappa shape index (κ3) is 7.96. The van der Waals surface area contributed by atoms with Gasteiger partial charge in [-0.15, -0.1) is 0 Å². The van der Waals surface area contributed by atoms with E-state index in [4.69, 9.17) is 21.1 Å². The smallest absolute Gasteiger partial charge is 0.289 e. The van der Waals surface area contributed by atoms with Gasteiger partial charge in [-0.2, -0.15) is 0 Å². The van der Waals surface area contributed by atoms with Gasteiger partial charge in [0, 0.05) is 23.7 Å². The van der Waals surface area contributed by atoms with E-state index >= 15 is 0 Å². The number of carbonyl (C=O) groups is 3. The van der Waals surface area contributed by atoms with Gasteiger partial charge < -0.3 is 20.1 Å². The highest BCUT2D eigenvalue weighted by molar-refractivity contribution is 6.38. The summed E-state index contributed by atoms with van der Waals surface area (Å²) in [5.41, 5.74) is 2.10. The predicted molar refractivity (Wildman–Crippen MR) is 125 cm³/mol. The largest absolute Gasteiger partial charge is 0.379 e. The molecular formula is C25H29ClN2O5. The van der Waals surface area contributed by atoms with Gasteiger partial charge in [0.1, 0.15) is 0 Å². The first-order valence-electron chi connectivity index (χ1n) is 11.2. The fourth-order valence-electron chi connectivity index (χ4n) is 3.59. The molecule has 1 aliphatic heterocycles. The van der Waals surface area contributed by atoms with Crippen LogP contribution in [-0.4, -0.2) is 50.0 Å². The molecule has 0 radical (unpaired) electrons. The molecule has 0 aliphatic carbocycles. The molecule has 2 aromatic carbocycles. The van der Waals surface area contributed by atoms with E-state index in [1.165, 1.54) is 0 Å². The Balaban J connectivity index is 1.65. The number of hydrogen-bond donors (Lipinski definition) is 2. The number of hydrogen-bond acceptors (Lipinski definition) is 5. The number of rotatable bonds is 5. The SMILES string of the molecule is O=C(NCCc1cccc(Cl)c1)C(=O)C1CCCCOCCOCc2ccccc2C(=O)N1. The summed E-state index contributed by atoms with van der Waals surface area (Å²) < 4.78 is 11.2. The zero-order valence-electron chi connectivity index (χ0n) is 18.5. The molecule has 2 N–H and O–H groups in total. The molecule has 33 heavy (non-hydrogen) atoms.